The fourth-order valence-corrected chi connectivity index (χ4v) is 2.48. The van der Waals surface area contributed by atoms with Crippen LogP contribution in [0.5, 0.6) is 0 Å². The van der Waals surface area contributed by atoms with Crippen molar-refractivity contribution in [2.45, 2.75) is 19.9 Å². The van der Waals surface area contributed by atoms with Crippen LogP contribution in [-0.2, 0) is 6.54 Å². The standard InChI is InChI=1S/C11H13ClN2S/c1-2-5-13-7-11-14-9-6-8(12)3-4-10(9)15-11/h3-4,6,13H,2,5,7H2,1H3. The molecule has 1 aromatic heterocycles. The van der Waals surface area contributed by atoms with Gasteiger partial charge in [0, 0.05) is 11.6 Å². The summed E-state index contributed by atoms with van der Waals surface area (Å²) in [6, 6.07) is 5.85. The molecule has 2 rings (SSSR count). The number of fused-ring (bicyclic) bond motifs is 1. The Morgan fingerprint density at radius 2 is 2.33 bits per heavy atom. The van der Waals surface area contributed by atoms with E-state index in [0.29, 0.717) is 0 Å². The molecule has 80 valence electrons. The Labute approximate surface area is 98.3 Å². The van der Waals surface area contributed by atoms with Crippen LogP contribution in [0.25, 0.3) is 10.2 Å². The van der Waals surface area contributed by atoms with Crippen molar-refractivity contribution in [2.24, 2.45) is 0 Å². The van der Waals surface area contributed by atoms with Crippen molar-refractivity contribution in [3.8, 4) is 0 Å². The molecule has 2 nitrogen and oxygen atoms in total. The first-order valence-corrected chi connectivity index (χ1v) is 6.24. The number of hydrogen-bond donors (Lipinski definition) is 1. The molecular formula is C11H13ClN2S. The summed E-state index contributed by atoms with van der Waals surface area (Å²) >= 11 is 7.63. The van der Waals surface area contributed by atoms with E-state index in [1.807, 2.05) is 18.2 Å². The molecular weight excluding hydrogens is 228 g/mol. The van der Waals surface area contributed by atoms with Crippen LogP contribution in [0.4, 0.5) is 0 Å². The highest BCUT2D eigenvalue weighted by atomic mass is 35.5. The predicted molar refractivity (Wildman–Crippen MR) is 66.6 cm³/mol. The van der Waals surface area contributed by atoms with Crippen LogP contribution < -0.4 is 5.32 Å². The smallest absolute Gasteiger partial charge is 0.108 e. The van der Waals surface area contributed by atoms with Crippen molar-refractivity contribution < 1.29 is 0 Å². The molecule has 0 amide bonds. The third kappa shape index (κ3) is 2.68. The summed E-state index contributed by atoms with van der Waals surface area (Å²) in [6.07, 6.45) is 1.15. The van der Waals surface area contributed by atoms with Gasteiger partial charge in [-0.3, -0.25) is 0 Å². The molecule has 0 bridgehead atoms. The second kappa shape index (κ2) is 4.92. The minimum absolute atomic E-state index is 0.751. The first kappa shape index (κ1) is 10.9. The third-order valence-corrected chi connectivity index (χ3v) is 3.37. The number of halogens is 1. The predicted octanol–water partition coefficient (Wildman–Crippen LogP) is 3.45. The van der Waals surface area contributed by atoms with Gasteiger partial charge in [0.15, 0.2) is 0 Å². The van der Waals surface area contributed by atoms with E-state index < -0.39 is 0 Å². The van der Waals surface area contributed by atoms with Crippen molar-refractivity contribution >= 4 is 33.2 Å². The number of hydrogen-bond acceptors (Lipinski definition) is 3. The lowest BCUT2D eigenvalue weighted by Gasteiger charge is -1.96. The second-order valence-corrected chi connectivity index (χ2v) is 4.95. The van der Waals surface area contributed by atoms with Gasteiger partial charge in [0.05, 0.1) is 10.2 Å². The van der Waals surface area contributed by atoms with Gasteiger partial charge in [-0.25, -0.2) is 4.98 Å². The van der Waals surface area contributed by atoms with Gasteiger partial charge in [0.25, 0.3) is 0 Å². The summed E-state index contributed by atoms with van der Waals surface area (Å²) < 4.78 is 1.20. The van der Waals surface area contributed by atoms with Crippen molar-refractivity contribution in [1.29, 1.82) is 0 Å². The fourth-order valence-electron chi connectivity index (χ4n) is 1.40. The largest absolute Gasteiger partial charge is 0.310 e. The van der Waals surface area contributed by atoms with Crippen LogP contribution in [0, 0.1) is 0 Å². The molecule has 1 aromatic carbocycles. The zero-order valence-electron chi connectivity index (χ0n) is 8.59. The molecule has 0 spiro atoms. The highest BCUT2D eigenvalue weighted by Crippen LogP contribution is 2.24. The van der Waals surface area contributed by atoms with Gasteiger partial charge in [-0.05, 0) is 31.2 Å². The molecule has 0 radical (unpaired) electrons. The average Bonchev–Trinajstić information content (AvgIpc) is 2.60. The third-order valence-electron chi connectivity index (χ3n) is 2.10. The maximum Gasteiger partial charge on any atom is 0.108 e. The quantitative estimate of drug-likeness (QED) is 0.828. The SMILES string of the molecule is CCCNCc1nc2cc(Cl)ccc2s1. The number of rotatable bonds is 4. The molecule has 0 saturated carbocycles. The molecule has 0 aliphatic heterocycles. The number of nitrogens with one attached hydrogen (secondary N) is 1. The molecule has 1 heterocycles. The topological polar surface area (TPSA) is 24.9 Å². The van der Waals surface area contributed by atoms with Crippen LogP contribution in [0.1, 0.15) is 18.4 Å². The van der Waals surface area contributed by atoms with Crippen molar-refractivity contribution in [1.82, 2.24) is 10.3 Å². The van der Waals surface area contributed by atoms with Gasteiger partial charge in [-0.1, -0.05) is 18.5 Å². The number of aromatic nitrogens is 1. The Kier molecular flexibility index (Phi) is 3.57. The maximum atomic E-state index is 5.90. The van der Waals surface area contributed by atoms with Gasteiger partial charge < -0.3 is 5.32 Å². The van der Waals surface area contributed by atoms with E-state index in [4.69, 9.17) is 11.6 Å². The highest BCUT2D eigenvalue weighted by Gasteiger charge is 2.03. The van der Waals surface area contributed by atoms with E-state index >= 15 is 0 Å². The molecule has 2 aromatic rings. The van der Waals surface area contributed by atoms with Gasteiger partial charge in [-0.2, -0.15) is 0 Å². The summed E-state index contributed by atoms with van der Waals surface area (Å²) in [5.41, 5.74) is 1.00. The van der Waals surface area contributed by atoms with Gasteiger partial charge in [0.1, 0.15) is 5.01 Å². The van der Waals surface area contributed by atoms with Gasteiger partial charge in [0.2, 0.25) is 0 Å². The molecule has 15 heavy (non-hydrogen) atoms. The zero-order valence-corrected chi connectivity index (χ0v) is 10.2. The van der Waals surface area contributed by atoms with E-state index in [2.05, 4.69) is 17.2 Å². The van der Waals surface area contributed by atoms with Gasteiger partial charge in [-0.15, -0.1) is 11.3 Å². The van der Waals surface area contributed by atoms with Gasteiger partial charge >= 0.3 is 0 Å². The lowest BCUT2D eigenvalue weighted by molar-refractivity contribution is 0.673. The molecule has 0 fully saturated rings. The minimum Gasteiger partial charge on any atom is -0.310 e. The summed E-state index contributed by atoms with van der Waals surface area (Å²) in [4.78, 5) is 4.52. The molecule has 0 unspecified atom stereocenters. The van der Waals surface area contributed by atoms with Crippen LogP contribution in [0.2, 0.25) is 5.02 Å². The monoisotopic (exact) mass is 240 g/mol. The van der Waals surface area contributed by atoms with E-state index in [9.17, 15) is 0 Å². The Morgan fingerprint density at radius 1 is 1.47 bits per heavy atom. The van der Waals surface area contributed by atoms with Crippen LogP contribution in [-0.4, -0.2) is 11.5 Å². The lowest BCUT2D eigenvalue weighted by atomic mass is 10.3. The Bertz CT molecular complexity index is 453. The summed E-state index contributed by atoms with van der Waals surface area (Å²) in [5, 5.41) is 5.22. The molecule has 0 atom stereocenters. The first-order chi connectivity index (χ1) is 7.29. The van der Waals surface area contributed by atoms with E-state index in [-0.39, 0.29) is 0 Å². The normalized spacial score (nSPS) is 11.1. The zero-order chi connectivity index (χ0) is 10.7. The molecule has 1 N–H and O–H groups in total. The van der Waals surface area contributed by atoms with Crippen LogP contribution in [0.15, 0.2) is 18.2 Å². The van der Waals surface area contributed by atoms with Crippen molar-refractivity contribution in [2.75, 3.05) is 6.54 Å². The van der Waals surface area contributed by atoms with E-state index in [1.54, 1.807) is 11.3 Å². The molecule has 0 aliphatic rings. The summed E-state index contributed by atoms with van der Waals surface area (Å²) in [6.45, 7) is 4.05. The Hall–Kier alpha value is -0.640. The second-order valence-electron chi connectivity index (χ2n) is 3.40. The molecule has 0 aliphatic carbocycles. The van der Waals surface area contributed by atoms with Crippen molar-refractivity contribution in [3.05, 3.63) is 28.2 Å². The Balaban J connectivity index is 2.16. The lowest BCUT2D eigenvalue weighted by Crippen LogP contribution is -2.13. The summed E-state index contributed by atoms with van der Waals surface area (Å²) in [7, 11) is 0. The summed E-state index contributed by atoms with van der Waals surface area (Å²) in [5.74, 6) is 0. The fraction of sp³-hybridized carbons (Fsp3) is 0.364. The maximum absolute atomic E-state index is 5.90. The van der Waals surface area contributed by atoms with Crippen LogP contribution >= 0.6 is 22.9 Å². The van der Waals surface area contributed by atoms with E-state index in [1.165, 1.54) is 4.70 Å². The van der Waals surface area contributed by atoms with Crippen LogP contribution in [0.3, 0.4) is 0 Å². The van der Waals surface area contributed by atoms with Crippen molar-refractivity contribution in [3.63, 3.8) is 0 Å². The first-order valence-electron chi connectivity index (χ1n) is 5.05. The molecule has 4 heteroatoms. The minimum atomic E-state index is 0.751. The highest BCUT2D eigenvalue weighted by molar-refractivity contribution is 7.18. The molecule has 0 saturated heterocycles. The average molecular weight is 241 g/mol. The number of benzene rings is 1. The number of thiazole rings is 1. The van der Waals surface area contributed by atoms with E-state index in [0.717, 1.165) is 35.1 Å². The number of nitrogens with zero attached hydrogens (tertiary/aromatic N) is 1. The Morgan fingerprint density at radius 3 is 3.13 bits per heavy atom.